The summed E-state index contributed by atoms with van der Waals surface area (Å²) in [6, 6.07) is 5.15. The van der Waals surface area contributed by atoms with Crippen molar-refractivity contribution in [3.8, 4) is 5.75 Å². The number of hydrogen-bond acceptors (Lipinski definition) is 5. The number of piperidine rings is 1. The Kier molecular flexibility index (Phi) is 6.87. The molecule has 0 saturated carbocycles. The lowest BCUT2D eigenvalue weighted by molar-refractivity contribution is -0.142. The van der Waals surface area contributed by atoms with Crippen molar-refractivity contribution >= 4 is 29.2 Å². The highest BCUT2D eigenvalue weighted by molar-refractivity contribution is 6.32. The summed E-state index contributed by atoms with van der Waals surface area (Å²) in [5.74, 6) is 0.186. The zero-order valence-electron chi connectivity index (χ0n) is 14.0. The molecular formula is C17H23ClN2O4. The molecule has 1 fully saturated rings. The largest absolute Gasteiger partial charge is 0.495 e. The Bertz CT molecular complexity index is 594. The number of hydrogen-bond donors (Lipinski definition) is 1. The van der Waals surface area contributed by atoms with Crippen molar-refractivity contribution in [1.29, 1.82) is 0 Å². The van der Waals surface area contributed by atoms with E-state index in [1.165, 1.54) is 14.2 Å². The van der Waals surface area contributed by atoms with Crippen molar-refractivity contribution < 1.29 is 19.1 Å². The van der Waals surface area contributed by atoms with Gasteiger partial charge in [0.1, 0.15) is 5.75 Å². The quantitative estimate of drug-likeness (QED) is 0.795. The van der Waals surface area contributed by atoms with E-state index in [1.54, 1.807) is 18.2 Å². The van der Waals surface area contributed by atoms with Gasteiger partial charge in [0.15, 0.2) is 0 Å². The number of likely N-dealkylation sites (tertiary alicyclic amines) is 1. The first kappa shape index (κ1) is 18.5. The zero-order chi connectivity index (χ0) is 17.5. The van der Waals surface area contributed by atoms with Crippen LogP contribution in [0.15, 0.2) is 18.2 Å². The number of rotatable bonds is 6. The topological polar surface area (TPSA) is 67.9 Å². The fourth-order valence-corrected chi connectivity index (χ4v) is 3.16. The molecule has 24 heavy (non-hydrogen) atoms. The van der Waals surface area contributed by atoms with Crippen LogP contribution in [0.1, 0.15) is 25.7 Å². The van der Waals surface area contributed by atoms with Gasteiger partial charge in [0.2, 0.25) is 5.91 Å². The predicted molar refractivity (Wildman–Crippen MR) is 92.5 cm³/mol. The van der Waals surface area contributed by atoms with Crippen LogP contribution in [0.5, 0.6) is 5.75 Å². The highest BCUT2D eigenvalue weighted by Crippen LogP contribution is 2.27. The minimum Gasteiger partial charge on any atom is -0.495 e. The van der Waals surface area contributed by atoms with Gasteiger partial charge in [0.05, 0.1) is 32.2 Å². The van der Waals surface area contributed by atoms with Crippen LogP contribution in [0, 0.1) is 0 Å². The second-order valence-corrected chi connectivity index (χ2v) is 6.21. The Morgan fingerprint density at radius 2 is 2.12 bits per heavy atom. The normalized spacial score (nSPS) is 18.0. The third kappa shape index (κ3) is 5.11. The van der Waals surface area contributed by atoms with Gasteiger partial charge in [-0.2, -0.15) is 0 Å². The molecule has 0 bridgehead atoms. The van der Waals surface area contributed by atoms with Crippen LogP contribution in [-0.2, 0) is 14.3 Å². The summed E-state index contributed by atoms with van der Waals surface area (Å²) in [6.07, 6.45) is 3.31. The van der Waals surface area contributed by atoms with Crippen LogP contribution < -0.4 is 10.1 Å². The van der Waals surface area contributed by atoms with Gasteiger partial charge in [-0.15, -0.1) is 0 Å². The Labute approximate surface area is 147 Å². The van der Waals surface area contributed by atoms with Gasteiger partial charge in [-0.1, -0.05) is 18.0 Å². The van der Waals surface area contributed by atoms with Crippen LogP contribution in [0.4, 0.5) is 5.69 Å². The van der Waals surface area contributed by atoms with Crippen molar-refractivity contribution in [1.82, 2.24) is 4.90 Å². The second kappa shape index (κ2) is 8.89. The summed E-state index contributed by atoms with van der Waals surface area (Å²) in [5, 5.41) is 3.27. The highest BCUT2D eigenvalue weighted by atomic mass is 35.5. The Morgan fingerprint density at radius 3 is 2.79 bits per heavy atom. The Balaban J connectivity index is 1.94. The number of anilines is 1. The van der Waals surface area contributed by atoms with E-state index in [1.807, 2.05) is 4.90 Å². The maximum Gasteiger partial charge on any atom is 0.307 e. The van der Waals surface area contributed by atoms with Gasteiger partial charge < -0.3 is 14.8 Å². The van der Waals surface area contributed by atoms with Crippen LogP contribution in [-0.4, -0.2) is 50.1 Å². The number of ether oxygens (including phenoxy) is 2. The molecule has 1 atom stereocenters. The van der Waals surface area contributed by atoms with Crippen LogP contribution >= 0.6 is 11.6 Å². The van der Waals surface area contributed by atoms with E-state index in [0.29, 0.717) is 22.9 Å². The molecule has 1 aliphatic heterocycles. The highest BCUT2D eigenvalue weighted by Gasteiger charge is 2.26. The third-order valence-electron chi connectivity index (χ3n) is 4.16. The summed E-state index contributed by atoms with van der Waals surface area (Å²) in [5.41, 5.74) is 0.618. The van der Waals surface area contributed by atoms with Gasteiger partial charge >= 0.3 is 5.97 Å². The lowest BCUT2D eigenvalue weighted by atomic mass is 9.99. The van der Waals surface area contributed by atoms with Crippen LogP contribution in [0.3, 0.4) is 0 Å². The SMILES string of the molecule is COC(=O)CC1CCCCN1CC(=O)Nc1ccc(OC)c(Cl)c1. The van der Waals surface area contributed by atoms with Gasteiger partial charge in [-0.25, -0.2) is 0 Å². The third-order valence-corrected chi connectivity index (χ3v) is 4.46. The van der Waals surface area contributed by atoms with Gasteiger partial charge in [-0.3, -0.25) is 14.5 Å². The number of amides is 1. The summed E-state index contributed by atoms with van der Waals surface area (Å²) in [4.78, 5) is 25.9. The lowest BCUT2D eigenvalue weighted by Crippen LogP contribution is -2.45. The number of methoxy groups -OCH3 is 2. The summed E-state index contributed by atoms with van der Waals surface area (Å²) in [6.45, 7) is 1.05. The number of nitrogens with one attached hydrogen (secondary N) is 1. The Morgan fingerprint density at radius 1 is 1.33 bits per heavy atom. The molecule has 1 saturated heterocycles. The fourth-order valence-electron chi connectivity index (χ4n) is 2.90. The fraction of sp³-hybridized carbons (Fsp3) is 0.529. The number of esters is 1. The van der Waals surface area contributed by atoms with E-state index >= 15 is 0 Å². The Hall–Kier alpha value is -1.79. The van der Waals surface area contributed by atoms with Gasteiger partial charge in [0.25, 0.3) is 0 Å². The van der Waals surface area contributed by atoms with E-state index in [9.17, 15) is 9.59 Å². The molecule has 1 unspecified atom stereocenters. The first-order valence-electron chi connectivity index (χ1n) is 7.97. The number of halogens is 1. The summed E-state index contributed by atoms with van der Waals surface area (Å²) in [7, 11) is 2.92. The average molecular weight is 355 g/mol. The number of nitrogens with zero attached hydrogens (tertiary/aromatic N) is 1. The summed E-state index contributed by atoms with van der Waals surface area (Å²) < 4.78 is 9.84. The number of carbonyl (C=O) groups is 2. The minimum absolute atomic E-state index is 0.0522. The molecule has 6 nitrogen and oxygen atoms in total. The molecule has 1 aliphatic rings. The first-order valence-corrected chi connectivity index (χ1v) is 8.35. The molecule has 0 radical (unpaired) electrons. The maximum atomic E-state index is 12.3. The van der Waals surface area contributed by atoms with Gasteiger partial charge in [-0.05, 0) is 37.6 Å². The van der Waals surface area contributed by atoms with E-state index in [-0.39, 0.29) is 24.5 Å². The van der Waals surface area contributed by atoms with E-state index in [0.717, 1.165) is 25.8 Å². The maximum absolute atomic E-state index is 12.3. The van der Waals surface area contributed by atoms with E-state index < -0.39 is 0 Å². The standard InChI is InChI=1S/C17H23ClN2O4/c1-23-15-7-6-12(9-14(15)18)19-16(21)11-20-8-4-3-5-13(20)10-17(22)24-2/h6-7,9,13H,3-5,8,10-11H2,1-2H3,(H,19,21). The van der Waals surface area contributed by atoms with Crippen LogP contribution in [0.25, 0.3) is 0 Å². The van der Waals surface area contributed by atoms with Crippen molar-refractivity contribution in [2.45, 2.75) is 31.7 Å². The van der Waals surface area contributed by atoms with Crippen molar-refractivity contribution in [2.24, 2.45) is 0 Å². The van der Waals surface area contributed by atoms with Crippen molar-refractivity contribution in [3.05, 3.63) is 23.2 Å². The predicted octanol–water partition coefficient (Wildman–Crippen LogP) is 2.70. The average Bonchev–Trinajstić information content (AvgIpc) is 2.56. The van der Waals surface area contributed by atoms with Gasteiger partial charge in [0, 0.05) is 11.7 Å². The molecule has 0 aliphatic carbocycles. The van der Waals surface area contributed by atoms with E-state index in [2.05, 4.69) is 5.32 Å². The molecular weight excluding hydrogens is 332 g/mol. The molecule has 1 amide bonds. The first-order chi connectivity index (χ1) is 11.5. The lowest BCUT2D eigenvalue weighted by Gasteiger charge is -2.34. The molecule has 1 aromatic rings. The van der Waals surface area contributed by atoms with Crippen molar-refractivity contribution in [3.63, 3.8) is 0 Å². The molecule has 1 N–H and O–H groups in total. The molecule has 2 rings (SSSR count). The molecule has 0 aromatic heterocycles. The van der Waals surface area contributed by atoms with E-state index in [4.69, 9.17) is 21.1 Å². The summed E-state index contributed by atoms with van der Waals surface area (Å²) >= 11 is 6.06. The second-order valence-electron chi connectivity index (χ2n) is 5.80. The van der Waals surface area contributed by atoms with Crippen molar-refractivity contribution in [2.75, 3.05) is 32.6 Å². The molecule has 1 heterocycles. The smallest absolute Gasteiger partial charge is 0.307 e. The zero-order valence-corrected chi connectivity index (χ0v) is 14.8. The molecule has 132 valence electrons. The molecule has 1 aromatic carbocycles. The molecule has 0 spiro atoms. The number of benzene rings is 1. The minimum atomic E-state index is -0.241. The van der Waals surface area contributed by atoms with Crippen LogP contribution in [0.2, 0.25) is 5.02 Å². The monoisotopic (exact) mass is 354 g/mol. The molecule has 7 heteroatoms. The number of carbonyl (C=O) groups excluding carboxylic acids is 2.